The lowest BCUT2D eigenvalue weighted by Gasteiger charge is -2.47. The molecule has 2 aromatic rings. The molecule has 0 aromatic heterocycles. The van der Waals surface area contributed by atoms with Crippen molar-refractivity contribution in [3.8, 4) is 5.75 Å². The molecule has 0 saturated carbocycles. The lowest BCUT2D eigenvalue weighted by atomic mass is 9.78. The van der Waals surface area contributed by atoms with Crippen molar-refractivity contribution in [2.45, 2.75) is 180 Å². The minimum atomic E-state index is -2.54. The molecule has 0 aliphatic carbocycles. The highest BCUT2D eigenvalue weighted by molar-refractivity contribution is 6.75. The predicted octanol–water partition coefficient (Wildman–Crippen LogP) is 10.5. The molecule has 61 heavy (non-hydrogen) atoms. The Morgan fingerprint density at radius 1 is 0.721 bits per heavy atom. The van der Waals surface area contributed by atoms with Crippen molar-refractivity contribution in [3.05, 3.63) is 65.7 Å². The molecule has 0 spiro atoms. The summed E-state index contributed by atoms with van der Waals surface area (Å²) in [5, 5.41) is 24.8. The fourth-order valence-electron chi connectivity index (χ4n) is 6.73. The average molecular weight is 905 g/mol. The number of carbonyl (C=O) groups is 1. The van der Waals surface area contributed by atoms with E-state index >= 15 is 0 Å². The Kier molecular flexibility index (Phi) is 18.3. The maximum Gasteiger partial charge on any atom is 0.308 e. The third-order valence-electron chi connectivity index (χ3n) is 14.3. The van der Waals surface area contributed by atoms with Gasteiger partial charge in [0.05, 0.1) is 51.2 Å². The number of benzene rings is 2. The van der Waals surface area contributed by atoms with Gasteiger partial charge in [-0.2, -0.15) is 0 Å². The summed E-state index contributed by atoms with van der Waals surface area (Å²) in [6, 6.07) is 17.3. The van der Waals surface area contributed by atoms with Gasteiger partial charge in [0, 0.05) is 31.0 Å². The van der Waals surface area contributed by atoms with Crippen molar-refractivity contribution in [2.24, 2.45) is 17.8 Å². The van der Waals surface area contributed by atoms with Gasteiger partial charge in [-0.05, 0) is 84.6 Å². The molecule has 13 heteroatoms. The molecule has 10 nitrogen and oxygen atoms in total. The van der Waals surface area contributed by atoms with Crippen LogP contribution >= 0.6 is 0 Å². The van der Waals surface area contributed by atoms with E-state index in [1.807, 2.05) is 54.6 Å². The Morgan fingerprint density at radius 2 is 1.21 bits per heavy atom. The summed E-state index contributed by atoms with van der Waals surface area (Å²) in [6.07, 6.45) is -3.65. The Labute approximate surface area is 373 Å². The van der Waals surface area contributed by atoms with Gasteiger partial charge in [-0.15, -0.1) is 0 Å². The molecule has 1 unspecified atom stereocenters. The van der Waals surface area contributed by atoms with E-state index in [2.05, 4.69) is 115 Å². The van der Waals surface area contributed by atoms with E-state index in [1.54, 1.807) is 7.11 Å². The van der Waals surface area contributed by atoms with E-state index in [1.165, 1.54) is 0 Å². The number of aliphatic hydroxyl groups is 2. The summed E-state index contributed by atoms with van der Waals surface area (Å²) in [7, 11) is -5.65. The summed E-state index contributed by atoms with van der Waals surface area (Å²) in [6.45, 7) is 38.3. The van der Waals surface area contributed by atoms with Gasteiger partial charge >= 0.3 is 5.97 Å². The van der Waals surface area contributed by atoms with Gasteiger partial charge in [0.25, 0.3) is 0 Å². The standard InChI is InChI=1S/C48H84O10Si3/c1-34(29-53-30-36-24-26-37(52-12)27-25-36)43-48(11,57-43)44(58-61(17,18)47(8,9)10)39(33-56-60(15,16)46(5,6)7)42(51)38(32-55-59(13,14)45(2,3)4)40(49)28-41(50)54-31-35-22-20-19-21-23-35/h19-27,34,38-40,42-44,49,51H,28-33H2,1-18H3/t34-,38+,39-,40-,42+,43+,44-,48?/m0/s1. The van der Waals surface area contributed by atoms with Crippen molar-refractivity contribution >= 4 is 30.9 Å². The minimum absolute atomic E-state index is 0.00411. The summed E-state index contributed by atoms with van der Waals surface area (Å²) in [5.74, 6) is -1.29. The SMILES string of the molecule is COc1ccc(COC[C@H](C)[C@H]2OC2(C)[C@@H](O[Si](C)(C)C(C)(C)C)[C@@H](CO[Si](C)(C)C(C)(C)C)[C@H](O)[C@H](CO[Si](C)(C)C(C)(C)C)[C@@H](O)CC(=O)OCc2ccccc2)cc1. The number of epoxide rings is 1. The van der Waals surface area contributed by atoms with Crippen LogP contribution in [-0.4, -0.2) is 98.1 Å². The molecule has 1 heterocycles. The Bertz CT molecular complexity index is 1650. The van der Waals surface area contributed by atoms with Crippen LogP contribution in [0.4, 0.5) is 0 Å². The predicted molar refractivity (Wildman–Crippen MR) is 253 cm³/mol. The zero-order valence-corrected chi connectivity index (χ0v) is 44.1. The third-order valence-corrected chi connectivity index (χ3v) is 27.7. The molecular weight excluding hydrogens is 821 g/mol. The van der Waals surface area contributed by atoms with E-state index in [4.69, 9.17) is 32.2 Å². The van der Waals surface area contributed by atoms with Crippen molar-refractivity contribution < 1.29 is 47.2 Å². The lowest BCUT2D eigenvalue weighted by Crippen LogP contribution is -2.58. The summed E-state index contributed by atoms with van der Waals surface area (Å²) in [5.41, 5.74) is 1.08. The van der Waals surface area contributed by atoms with Gasteiger partial charge in [-0.1, -0.05) is 112 Å². The molecule has 1 fully saturated rings. The van der Waals surface area contributed by atoms with Crippen molar-refractivity contribution in [2.75, 3.05) is 26.9 Å². The maximum atomic E-state index is 13.4. The first-order valence-electron chi connectivity index (χ1n) is 22.3. The fraction of sp³-hybridized carbons (Fsp3) is 0.729. The Balaban J connectivity index is 2.07. The van der Waals surface area contributed by atoms with Crippen LogP contribution in [0.1, 0.15) is 93.7 Å². The van der Waals surface area contributed by atoms with E-state index in [9.17, 15) is 15.0 Å². The first-order chi connectivity index (χ1) is 27.9. The van der Waals surface area contributed by atoms with Gasteiger partial charge in [0.15, 0.2) is 25.0 Å². The highest BCUT2D eigenvalue weighted by atomic mass is 28.4. The highest BCUT2D eigenvalue weighted by Crippen LogP contribution is 2.52. The van der Waals surface area contributed by atoms with Gasteiger partial charge in [-0.25, -0.2) is 0 Å². The van der Waals surface area contributed by atoms with Crippen LogP contribution in [0, 0.1) is 17.8 Å². The van der Waals surface area contributed by atoms with E-state index in [0.29, 0.717) is 13.2 Å². The molecule has 1 saturated heterocycles. The Hall–Kier alpha value is -1.92. The van der Waals surface area contributed by atoms with Crippen LogP contribution in [0.5, 0.6) is 5.75 Å². The monoisotopic (exact) mass is 905 g/mol. The number of aliphatic hydroxyl groups excluding tert-OH is 2. The number of carbonyl (C=O) groups excluding carboxylic acids is 1. The van der Waals surface area contributed by atoms with Gasteiger partial charge in [0.1, 0.15) is 18.0 Å². The highest BCUT2D eigenvalue weighted by Gasteiger charge is 2.65. The Morgan fingerprint density at radius 3 is 1.70 bits per heavy atom. The molecule has 2 aromatic carbocycles. The number of hydrogen-bond acceptors (Lipinski definition) is 10. The van der Waals surface area contributed by atoms with E-state index in [0.717, 1.165) is 16.9 Å². The molecular formula is C48H84O10Si3. The average Bonchev–Trinajstić information content (AvgIpc) is 3.85. The number of ether oxygens (including phenoxy) is 4. The van der Waals surface area contributed by atoms with Crippen molar-refractivity contribution in [1.82, 2.24) is 0 Å². The number of methoxy groups -OCH3 is 1. The first kappa shape index (κ1) is 53.4. The molecule has 8 atom stereocenters. The summed E-state index contributed by atoms with van der Waals surface area (Å²) < 4.78 is 45.3. The first-order valence-corrected chi connectivity index (χ1v) is 31.0. The minimum Gasteiger partial charge on any atom is -0.497 e. The molecule has 0 bridgehead atoms. The van der Waals surface area contributed by atoms with Crippen LogP contribution in [0.2, 0.25) is 54.4 Å². The zero-order valence-electron chi connectivity index (χ0n) is 41.1. The fourth-order valence-corrected chi connectivity index (χ4v) is 10.2. The van der Waals surface area contributed by atoms with Crippen LogP contribution in [-0.2, 0) is 45.5 Å². The molecule has 0 amide bonds. The van der Waals surface area contributed by atoms with Gasteiger partial charge < -0.3 is 42.4 Å². The second kappa shape index (κ2) is 20.9. The van der Waals surface area contributed by atoms with E-state index in [-0.39, 0.29) is 53.4 Å². The number of hydrogen-bond donors (Lipinski definition) is 2. The number of esters is 1. The topological polar surface area (TPSA) is 125 Å². The maximum absolute atomic E-state index is 13.4. The van der Waals surface area contributed by atoms with Crippen LogP contribution < -0.4 is 4.74 Å². The largest absolute Gasteiger partial charge is 0.497 e. The smallest absolute Gasteiger partial charge is 0.308 e. The van der Waals surface area contributed by atoms with Gasteiger partial charge in [0.2, 0.25) is 0 Å². The van der Waals surface area contributed by atoms with Crippen molar-refractivity contribution in [1.29, 1.82) is 0 Å². The number of rotatable bonds is 23. The molecule has 1 aliphatic rings. The van der Waals surface area contributed by atoms with Crippen LogP contribution in [0.15, 0.2) is 54.6 Å². The summed E-state index contributed by atoms with van der Waals surface area (Å²) in [4.78, 5) is 13.4. The summed E-state index contributed by atoms with van der Waals surface area (Å²) >= 11 is 0. The second-order valence-electron chi connectivity index (χ2n) is 22.2. The van der Waals surface area contributed by atoms with Crippen molar-refractivity contribution in [3.63, 3.8) is 0 Å². The van der Waals surface area contributed by atoms with Crippen LogP contribution in [0.25, 0.3) is 0 Å². The van der Waals surface area contributed by atoms with Crippen LogP contribution in [0.3, 0.4) is 0 Å². The molecule has 0 radical (unpaired) electrons. The third kappa shape index (κ3) is 14.5. The quantitative estimate of drug-likeness (QED) is 0.0632. The van der Waals surface area contributed by atoms with E-state index < -0.39 is 66.7 Å². The van der Waals surface area contributed by atoms with Gasteiger partial charge in [-0.3, -0.25) is 4.79 Å². The molecule has 348 valence electrons. The second-order valence-corrected chi connectivity index (χ2v) is 36.6. The lowest BCUT2D eigenvalue weighted by molar-refractivity contribution is -0.150. The normalized spacial score (nSPS) is 21.0. The molecule has 2 N–H and O–H groups in total. The molecule has 3 rings (SSSR count). The molecule has 1 aliphatic heterocycles. The zero-order chi connectivity index (χ0) is 46.4.